The fraction of sp³-hybridized carbons (Fsp3) is 0.200. The third-order valence-corrected chi connectivity index (χ3v) is 12.4. The lowest BCUT2D eigenvalue weighted by Crippen LogP contribution is -2.82. The summed E-state index contributed by atoms with van der Waals surface area (Å²) in [7, 11) is -4.33. The quantitative estimate of drug-likeness (QED) is 0.518. The van der Waals surface area contributed by atoms with Crippen LogP contribution < -0.4 is 31.6 Å². The predicted octanol–water partition coefficient (Wildman–Crippen LogP) is 0.928. The minimum Gasteiger partial charge on any atom is -0.286 e. The van der Waals surface area contributed by atoms with E-state index in [0.717, 1.165) is 10.4 Å². The van der Waals surface area contributed by atoms with Crippen molar-refractivity contribution in [2.24, 2.45) is 0 Å². The molecule has 0 unspecified atom stereocenters. The van der Waals surface area contributed by atoms with Gasteiger partial charge in [-0.15, -0.1) is 0 Å². The summed E-state index contributed by atoms with van der Waals surface area (Å²) >= 11 is 0. The zero-order chi connectivity index (χ0) is 17.5. The maximum Gasteiger partial charge on any atom is 0.225 e. The molecule has 0 aliphatic rings. The Labute approximate surface area is 144 Å². The Hall–Kier alpha value is -2.05. The molecule has 0 saturated heterocycles. The summed E-state index contributed by atoms with van der Waals surface area (Å²) in [6, 6.07) is 20.4. The molecule has 0 radical (unpaired) electrons. The van der Waals surface area contributed by atoms with Crippen molar-refractivity contribution in [1.82, 2.24) is 0 Å². The molecule has 3 aromatic carbocycles. The first-order valence-electron chi connectivity index (χ1n) is 8.23. The predicted molar refractivity (Wildman–Crippen MR) is 108 cm³/mol. The van der Waals surface area contributed by atoms with Gasteiger partial charge in [-0.3, -0.25) is 9.59 Å². The van der Waals surface area contributed by atoms with Crippen LogP contribution in [0.4, 0.5) is 0 Å². The second-order valence-corrected chi connectivity index (χ2v) is 16.0. The van der Waals surface area contributed by atoms with Crippen molar-refractivity contribution in [3.8, 4) is 0 Å². The maximum atomic E-state index is 12.5. The Balaban J connectivity index is 2.19. The molecule has 122 valence electrons. The average Bonchev–Trinajstić information content (AvgIpc) is 2.59. The molecule has 24 heavy (non-hydrogen) atoms. The summed E-state index contributed by atoms with van der Waals surface area (Å²) in [6.07, 6.45) is 0. The lowest BCUT2D eigenvalue weighted by Gasteiger charge is -2.33. The minimum absolute atomic E-state index is 0.248. The first-order chi connectivity index (χ1) is 11.3. The Bertz CT molecular complexity index is 856. The molecule has 0 spiro atoms. The molecular formula is C20H22O2Si2. The SMILES string of the molecule is C[Si](C)(c1ccccc1)c1c([Si](C)(C)c2ccccc2)c(=O)c1=O. The Kier molecular flexibility index (Phi) is 4.05. The van der Waals surface area contributed by atoms with E-state index in [1.54, 1.807) is 0 Å². The highest BCUT2D eigenvalue weighted by molar-refractivity contribution is 7.09. The van der Waals surface area contributed by atoms with Gasteiger partial charge in [0, 0.05) is 0 Å². The van der Waals surface area contributed by atoms with Crippen LogP contribution in [0.2, 0.25) is 26.2 Å². The number of benzene rings is 2. The molecule has 2 nitrogen and oxygen atoms in total. The maximum absolute atomic E-state index is 12.5. The highest BCUT2D eigenvalue weighted by Crippen LogP contribution is 2.07. The van der Waals surface area contributed by atoms with Gasteiger partial charge in [0.1, 0.15) is 16.1 Å². The van der Waals surface area contributed by atoms with Crippen molar-refractivity contribution in [3.05, 3.63) is 81.1 Å². The lowest BCUT2D eigenvalue weighted by molar-refractivity contribution is 1.48. The van der Waals surface area contributed by atoms with E-state index in [1.165, 1.54) is 10.4 Å². The van der Waals surface area contributed by atoms with Crippen LogP contribution >= 0.6 is 0 Å². The van der Waals surface area contributed by atoms with Crippen LogP contribution in [0.15, 0.2) is 70.3 Å². The van der Waals surface area contributed by atoms with E-state index in [-0.39, 0.29) is 10.9 Å². The van der Waals surface area contributed by atoms with Crippen LogP contribution in [0.25, 0.3) is 0 Å². The van der Waals surface area contributed by atoms with Crippen molar-refractivity contribution in [3.63, 3.8) is 0 Å². The first-order valence-corrected chi connectivity index (χ1v) is 14.2. The van der Waals surface area contributed by atoms with Crippen molar-refractivity contribution < 1.29 is 0 Å². The van der Waals surface area contributed by atoms with E-state index in [4.69, 9.17) is 0 Å². The molecule has 0 aliphatic carbocycles. The largest absolute Gasteiger partial charge is 0.286 e. The minimum atomic E-state index is -2.16. The lowest BCUT2D eigenvalue weighted by atomic mass is 10.3. The third-order valence-electron chi connectivity index (χ3n) is 5.15. The monoisotopic (exact) mass is 350 g/mol. The van der Waals surface area contributed by atoms with E-state index in [0.29, 0.717) is 0 Å². The number of hydrogen-bond donors (Lipinski definition) is 0. The van der Waals surface area contributed by atoms with Crippen molar-refractivity contribution >= 4 is 36.9 Å². The molecule has 4 heteroatoms. The fourth-order valence-electron chi connectivity index (χ4n) is 3.58. The van der Waals surface area contributed by atoms with Crippen LogP contribution in [-0.4, -0.2) is 16.1 Å². The zero-order valence-electron chi connectivity index (χ0n) is 14.6. The zero-order valence-corrected chi connectivity index (χ0v) is 16.6. The Morgan fingerprint density at radius 2 is 0.833 bits per heavy atom. The van der Waals surface area contributed by atoms with Gasteiger partial charge in [-0.1, -0.05) is 97.2 Å². The van der Waals surface area contributed by atoms with Gasteiger partial charge in [0.15, 0.2) is 0 Å². The first kappa shape index (κ1) is 16.8. The third kappa shape index (κ3) is 2.46. The summed E-state index contributed by atoms with van der Waals surface area (Å²) in [6.45, 7) is 8.71. The summed E-state index contributed by atoms with van der Waals surface area (Å²) < 4.78 is 0. The van der Waals surface area contributed by atoms with Crippen LogP contribution in [0, 0.1) is 0 Å². The van der Waals surface area contributed by atoms with Gasteiger partial charge < -0.3 is 0 Å². The van der Waals surface area contributed by atoms with Crippen LogP contribution in [-0.2, 0) is 0 Å². The van der Waals surface area contributed by atoms with Gasteiger partial charge in [0.2, 0.25) is 10.9 Å². The summed E-state index contributed by atoms with van der Waals surface area (Å²) in [5.74, 6) is 0. The van der Waals surface area contributed by atoms with Gasteiger partial charge in [0.05, 0.1) is 0 Å². The molecule has 0 atom stereocenters. The van der Waals surface area contributed by atoms with Crippen molar-refractivity contribution in [2.45, 2.75) is 26.2 Å². The summed E-state index contributed by atoms with van der Waals surface area (Å²) in [5.41, 5.74) is -0.496. The smallest absolute Gasteiger partial charge is 0.225 e. The van der Waals surface area contributed by atoms with E-state index >= 15 is 0 Å². The van der Waals surface area contributed by atoms with Crippen molar-refractivity contribution in [1.29, 1.82) is 0 Å². The van der Waals surface area contributed by atoms with E-state index in [9.17, 15) is 9.59 Å². The highest BCUT2D eigenvalue weighted by atomic mass is 28.3. The molecule has 0 N–H and O–H groups in total. The Morgan fingerprint density at radius 1 is 0.542 bits per heavy atom. The van der Waals surface area contributed by atoms with E-state index < -0.39 is 16.1 Å². The average molecular weight is 351 g/mol. The summed E-state index contributed by atoms with van der Waals surface area (Å²) in [4.78, 5) is 25.0. The van der Waals surface area contributed by atoms with Gasteiger partial charge in [-0.25, -0.2) is 0 Å². The fourth-order valence-corrected chi connectivity index (χ4v) is 10.9. The standard InChI is InChI=1S/C20H22O2Si2/c1-23(2,15-11-7-5-8-12-15)19-17(21)18(22)20(19)24(3,4)16-13-9-6-10-14-16/h5-14H,1-4H3. The highest BCUT2D eigenvalue weighted by Gasteiger charge is 2.43. The molecule has 3 aromatic rings. The van der Waals surface area contributed by atoms with Crippen LogP contribution in [0.1, 0.15) is 0 Å². The van der Waals surface area contributed by atoms with Gasteiger partial charge in [0.25, 0.3) is 0 Å². The molecule has 0 heterocycles. The van der Waals surface area contributed by atoms with E-state index in [1.807, 2.05) is 36.4 Å². The normalized spacial score (nSPS) is 12.5. The topological polar surface area (TPSA) is 34.1 Å². The van der Waals surface area contributed by atoms with Gasteiger partial charge >= 0.3 is 0 Å². The molecule has 0 saturated carbocycles. The second-order valence-electron chi connectivity index (χ2n) is 7.39. The van der Waals surface area contributed by atoms with Gasteiger partial charge in [-0.05, 0) is 10.4 Å². The molecule has 3 rings (SSSR count). The summed E-state index contributed by atoms with van der Waals surface area (Å²) in [5, 5.41) is 4.10. The van der Waals surface area contributed by atoms with E-state index in [2.05, 4.69) is 50.5 Å². The molecule has 0 aliphatic heterocycles. The molecular weight excluding hydrogens is 328 g/mol. The molecule has 0 aromatic heterocycles. The van der Waals surface area contributed by atoms with Crippen LogP contribution in [0.5, 0.6) is 0 Å². The Morgan fingerprint density at radius 3 is 1.12 bits per heavy atom. The molecule has 0 fully saturated rings. The van der Waals surface area contributed by atoms with Crippen molar-refractivity contribution in [2.75, 3.05) is 0 Å². The van der Waals surface area contributed by atoms with Crippen LogP contribution in [0.3, 0.4) is 0 Å². The van der Waals surface area contributed by atoms with Gasteiger partial charge in [-0.2, -0.15) is 0 Å². The molecule has 0 amide bonds. The molecule has 0 bridgehead atoms. The number of rotatable bonds is 4. The second kappa shape index (κ2) is 5.79. The number of hydrogen-bond acceptors (Lipinski definition) is 2.